The minimum Gasteiger partial charge on any atom is -0.465 e. The van der Waals surface area contributed by atoms with Gasteiger partial charge in [-0.1, -0.05) is 6.07 Å². The van der Waals surface area contributed by atoms with Crippen LogP contribution in [0.15, 0.2) is 29.2 Å². The van der Waals surface area contributed by atoms with E-state index >= 15 is 0 Å². The molecule has 0 radical (unpaired) electrons. The molecule has 2 N–H and O–H groups in total. The number of rotatable bonds is 5. The number of hydrogen-bond acceptors (Lipinski definition) is 4. The highest BCUT2D eigenvalue weighted by molar-refractivity contribution is 7.98. The predicted molar refractivity (Wildman–Crippen MR) is 71.9 cm³/mol. The molecule has 6 heteroatoms. The summed E-state index contributed by atoms with van der Waals surface area (Å²) in [6.45, 7) is 1.88. The highest BCUT2D eigenvalue weighted by Crippen LogP contribution is 2.18. The molecule has 1 aromatic carbocycles. The molecule has 1 rings (SSSR count). The number of nitrogens with one attached hydrogen (secondary N) is 2. The van der Waals surface area contributed by atoms with Crippen molar-refractivity contribution < 1.29 is 14.3 Å². The molecule has 0 saturated carbocycles. The van der Waals surface area contributed by atoms with Gasteiger partial charge in [-0.3, -0.25) is 4.79 Å². The molecule has 0 fully saturated rings. The van der Waals surface area contributed by atoms with Crippen LogP contribution in [0.5, 0.6) is 0 Å². The second-order valence-corrected chi connectivity index (χ2v) is 4.22. The van der Waals surface area contributed by atoms with Crippen LogP contribution in [0.2, 0.25) is 0 Å². The Hall–Kier alpha value is -1.69. The molecular weight excluding hydrogens is 252 g/mol. The Morgan fingerprint density at radius 3 is 2.83 bits per heavy atom. The van der Waals surface area contributed by atoms with E-state index in [1.807, 2.05) is 24.5 Å². The van der Waals surface area contributed by atoms with E-state index in [2.05, 4.69) is 10.6 Å². The first-order chi connectivity index (χ1) is 8.65. The summed E-state index contributed by atoms with van der Waals surface area (Å²) in [7, 11) is 0. The standard InChI is InChI=1S/C12H16N2O3S/c1-3-17-11(15)8-13-12(16)14-9-5-4-6-10(7-9)18-2/h4-7H,3,8H2,1-2H3,(H2,13,14,16). The summed E-state index contributed by atoms with van der Waals surface area (Å²) in [6.07, 6.45) is 1.96. The molecule has 0 aromatic heterocycles. The smallest absolute Gasteiger partial charge is 0.325 e. The van der Waals surface area contributed by atoms with Gasteiger partial charge in [0.2, 0.25) is 0 Å². The van der Waals surface area contributed by atoms with Gasteiger partial charge in [0.15, 0.2) is 0 Å². The number of esters is 1. The summed E-state index contributed by atoms with van der Waals surface area (Å²) >= 11 is 1.59. The average molecular weight is 268 g/mol. The van der Waals surface area contributed by atoms with Crippen molar-refractivity contribution in [3.8, 4) is 0 Å². The van der Waals surface area contributed by atoms with Gasteiger partial charge in [-0.05, 0) is 31.4 Å². The number of benzene rings is 1. The van der Waals surface area contributed by atoms with Crippen molar-refractivity contribution in [2.75, 3.05) is 24.7 Å². The zero-order valence-electron chi connectivity index (χ0n) is 10.4. The van der Waals surface area contributed by atoms with Gasteiger partial charge in [0.05, 0.1) is 6.61 Å². The van der Waals surface area contributed by atoms with Crippen LogP contribution in [0.4, 0.5) is 10.5 Å². The van der Waals surface area contributed by atoms with E-state index in [0.717, 1.165) is 4.90 Å². The lowest BCUT2D eigenvalue weighted by Crippen LogP contribution is -2.34. The summed E-state index contributed by atoms with van der Waals surface area (Å²) in [4.78, 5) is 23.6. The van der Waals surface area contributed by atoms with Gasteiger partial charge >= 0.3 is 12.0 Å². The summed E-state index contributed by atoms with van der Waals surface area (Å²) < 4.78 is 4.69. The summed E-state index contributed by atoms with van der Waals surface area (Å²) in [6, 6.07) is 7.01. The van der Waals surface area contributed by atoms with Crippen molar-refractivity contribution in [2.45, 2.75) is 11.8 Å². The number of anilines is 1. The van der Waals surface area contributed by atoms with E-state index in [4.69, 9.17) is 4.74 Å². The quantitative estimate of drug-likeness (QED) is 0.634. The molecule has 0 aliphatic carbocycles. The van der Waals surface area contributed by atoms with Crippen molar-refractivity contribution in [3.05, 3.63) is 24.3 Å². The first-order valence-corrected chi connectivity index (χ1v) is 6.72. The molecule has 0 unspecified atom stereocenters. The third-order valence-electron chi connectivity index (χ3n) is 2.03. The number of thioether (sulfide) groups is 1. The van der Waals surface area contributed by atoms with Crippen LogP contribution >= 0.6 is 11.8 Å². The van der Waals surface area contributed by atoms with Crippen LogP contribution in [-0.2, 0) is 9.53 Å². The molecular formula is C12H16N2O3S. The zero-order chi connectivity index (χ0) is 13.4. The van der Waals surface area contributed by atoms with Gasteiger partial charge in [-0.25, -0.2) is 4.79 Å². The summed E-state index contributed by atoms with van der Waals surface area (Å²) in [5.74, 6) is -0.453. The maximum Gasteiger partial charge on any atom is 0.325 e. The average Bonchev–Trinajstić information content (AvgIpc) is 2.37. The summed E-state index contributed by atoms with van der Waals surface area (Å²) in [5.41, 5.74) is 0.684. The first kappa shape index (κ1) is 14.4. The van der Waals surface area contributed by atoms with Crippen LogP contribution < -0.4 is 10.6 Å². The van der Waals surface area contributed by atoms with Crippen LogP contribution in [-0.4, -0.2) is 31.4 Å². The number of carbonyl (C=O) groups excluding carboxylic acids is 2. The van der Waals surface area contributed by atoms with Crippen molar-refractivity contribution in [1.29, 1.82) is 0 Å². The monoisotopic (exact) mass is 268 g/mol. The maximum atomic E-state index is 11.5. The molecule has 0 saturated heterocycles. The number of amides is 2. The predicted octanol–water partition coefficient (Wildman–Crippen LogP) is 2.09. The van der Waals surface area contributed by atoms with E-state index in [0.29, 0.717) is 12.3 Å². The molecule has 18 heavy (non-hydrogen) atoms. The lowest BCUT2D eigenvalue weighted by molar-refractivity contribution is -0.141. The molecule has 5 nitrogen and oxygen atoms in total. The van der Waals surface area contributed by atoms with Crippen molar-refractivity contribution in [2.24, 2.45) is 0 Å². The fourth-order valence-corrected chi connectivity index (χ4v) is 1.70. The third kappa shape index (κ3) is 5.09. The van der Waals surface area contributed by atoms with Crippen LogP contribution in [0.1, 0.15) is 6.92 Å². The Morgan fingerprint density at radius 2 is 2.17 bits per heavy atom. The molecule has 98 valence electrons. The number of urea groups is 1. The van der Waals surface area contributed by atoms with Gasteiger partial charge in [-0.15, -0.1) is 11.8 Å². The van der Waals surface area contributed by atoms with E-state index in [1.54, 1.807) is 24.8 Å². The SMILES string of the molecule is CCOC(=O)CNC(=O)Nc1cccc(SC)c1. The highest BCUT2D eigenvalue weighted by atomic mass is 32.2. The topological polar surface area (TPSA) is 67.4 Å². The van der Waals surface area contributed by atoms with Gasteiger partial charge in [0, 0.05) is 10.6 Å². The van der Waals surface area contributed by atoms with Crippen molar-refractivity contribution in [3.63, 3.8) is 0 Å². The van der Waals surface area contributed by atoms with E-state index < -0.39 is 12.0 Å². The molecule has 0 bridgehead atoms. The van der Waals surface area contributed by atoms with E-state index in [9.17, 15) is 9.59 Å². The van der Waals surface area contributed by atoms with E-state index in [-0.39, 0.29) is 6.54 Å². The Labute approximate surface area is 110 Å². The first-order valence-electron chi connectivity index (χ1n) is 5.50. The largest absolute Gasteiger partial charge is 0.465 e. The second-order valence-electron chi connectivity index (χ2n) is 3.34. The molecule has 1 aromatic rings. The van der Waals surface area contributed by atoms with Crippen molar-refractivity contribution >= 4 is 29.4 Å². The van der Waals surface area contributed by atoms with Gasteiger partial charge < -0.3 is 15.4 Å². The number of carbonyl (C=O) groups is 2. The lowest BCUT2D eigenvalue weighted by Gasteiger charge is -2.08. The highest BCUT2D eigenvalue weighted by Gasteiger charge is 2.06. The fourth-order valence-electron chi connectivity index (χ4n) is 1.24. The molecule has 0 aliphatic heterocycles. The molecule has 2 amide bonds. The van der Waals surface area contributed by atoms with Crippen LogP contribution in [0, 0.1) is 0 Å². The molecule has 0 aliphatic rings. The lowest BCUT2D eigenvalue weighted by atomic mass is 10.3. The van der Waals surface area contributed by atoms with Gasteiger partial charge in [0.1, 0.15) is 6.54 Å². The Balaban J connectivity index is 2.42. The molecule has 0 spiro atoms. The minimum atomic E-state index is -0.453. The molecule has 0 atom stereocenters. The van der Waals surface area contributed by atoms with Crippen LogP contribution in [0.25, 0.3) is 0 Å². The van der Waals surface area contributed by atoms with Gasteiger partial charge in [0.25, 0.3) is 0 Å². The second kappa shape index (κ2) is 7.60. The zero-order valence-corrected chi connectivity index (χ0v) is 11.2. The number of hydrogen-bond donors (Lipinski definition) is 2. The Morgan fingerprint density at radius 1 is 1.39 bits per heavy atom. The van der Waals surface area contributed by atoms with Gasteiger partial charge in [-0.2, -0.15) is 0 Å². The summed E-state index contributed by atoms with van der Waals surface area (Å²) in [5, 5.41) is 5.06. The van der Waals surface area contributed by atoms with Crippen LogP contribution in [0.3, 0.4) is 0 Å². The molecule has 0 heterocycles. The maximum absolute atomic E-state index is 11.5. The fraction of sp³-hybridized carbons (Fsp3) is 0.333. The Bertz CT molecular complexity index is 424. The third-order valence-corrected chi connectivity index (χ3v) is 2.75. The minimum absolute atomic E-state index is 0.137. The normalized spacial score (nSPS) is 9.67. The van der Waals surface area contributed by atoms with Crippen molar-refractivity contribution in [1.82, 2.24) is 5.32 Å². The Kier molecular flexibility index (Phi) is 6.07. The number of ether oxygens (including phenoxy) is 1. The van der Waals surface area contributed by atoms with E-state index in [1.165, 1.54) is 0 Å².